The number of hydrogen-bond acceptors (Lipinski definition) is 5. The van der Waals surface area contributed by atoms with Crippen molar-refractivity contribution in [3.05, 3.63) is 40.5 Å². The summed E-state index contributed by atoms with van der Waals surface area (Å²) in [5.74, 6) is 2.35. The Kier molecular flexibility index (Phi) is 4.72. The first kappa shape index (κ1) is 13.0. The molecular formula is C12H13N3OS2. The zero-order chi connectivity index (χ0) is 12.8. The number of thioether (sulfide) groups is 1. The van der Waals surface area contributed by atoms with Gasteiger partial charge in [0.15, 0.2) is 0 Å². The van der Waals surface area contributed by atoms with E-state index in [0.29, 0.717) is 11.5 Å². The van der Waals surface area contributed by atoms with Crippen LogP contribution in [0.3, 0.4) is 0 Å². The van der Waals surface area contributed by atoms with Crippen molar-refractivity contribution in [2.24, 2.45) is 0 Å². The van der Waals surface area contributed by atoms with E-state index in [-0.39, 0.29) is 5.91 Å². The van der Waals surface area contributed by atoms with Crippen molar-refractivity contribution >= 4 is 34.8 Å². The Morgan fingerprint density at radius 3 is 3.11 bits per heavy atom. The molecule has 0 unspecified atom stereocenters. The molecule has 1 N–H and O–H groups in total. The fourth-order valence-corrected chi connectivity index (χ4v) is 2.51. The third-order valence-corrected chi connectivity index (χ3v) is 3.74. The van der Waals surface area contributed by atoms with Gasteiger partial charge in [-0.1, -0.05) is 6.92 Å². The normalized spacial score (nSPS) is 10.3. The minimum atomic E-state index is -0.218. The summed E-state index contributed by atoms with van der Waals surface area (Å²) in [7, 11) is 0. The van der Waals surface area contributed by atoms with Gasteiger partial charge in [0.25, 0.3) is 5.91 Å². The molecular weight excluding hydrogens is 266 g/mol. The summed E-state index contributed by atoms with van der Waals surface area (Å²) in [6.45, 7) is 2.12. The number of carbonyl (C=O) groups excluding carboxylic acids is 1. The van der Waals surface area contributed by atoms with E-state index in [1.807, 2.05) is 23.9 Å². The second-order valence-corrected chi connectivity index (χ2v) is 5.51. The molecule has 0 atom stereocenters. The molecule has 0 saturated heterocycles. The number of hydrogen-bond donors (Lipinski definition) is 1. The van der Waals surface area contributed by atoms with Crippen LogP contribution >= 0.6 is 23.1 Å². The average Bonchev–Trinajstić information content (AvgIpc) is 2.91. The zero-order valence-corrected chi connectivity index (χ0v) is 11.6. The molecule has 2 aromatic rings. The lowest BCUT2D eigenvalue weighted by Gasteiger charge is -2.04. The van der Waals surface area contributed by atoms with Crippen molar-refractivity contribution in [3.63, 3.8) is 0 Å². The SMILES string of the molecule is CCSCc1ccnc(NC(=O)c2cscn2)c1. The molecule has 2 rings (SSSR count). The lowest BCUT2D eigenvalue weighted by molar-refractivity contribution is 0.102. The highest BCUT2D eigenvalue weighted by Crippen LogP contribution is 2.14. The Labute approximate surface area is 114 Å². The van der Waals surface area contributed by atoms with Crippen LogP contribution in [0.5, 0.6) is 0 Å². The van der Waals surface area contributed by atoms with Gasteiger partial charge in [-0.25, -0.2) is 9.97 Å². The summed E-state index contributed by atoms with van der Waals surface area (Å²) < 4.78 is 0. The van der Waals surface area contributed by atoms with Gasteiger partial charge in [-0.15, -0.1) is 11.3 Å². The third kappa shape index (κ3) is 3.54. The Morgan fingerprint density at radius 2 is 2.39 bits per heavy atom. The van der Waals surface area contributed by atoms with Crippen LogP contribution in [-0.2, 0) is 5.75 Å². The van der Waals surface area contributed by atoms with Gasteiger partial charge in [0.05, 0.1) is 5.51 Å². The Hall–Kier alpha value is -1.40. The van der Waals surface area contributed by atoms with Crippen LogP contribution in [0.4, 0.5) is 5.82 Å². The third-order valence-electron chi connectivity index (χ3n) is 2.20. The highest BCUT2D eigenvalue weighted by atomic mass is 32.2. The summed E-state index contributed by atoms with van der Waals surface area (Å²) in [5.41, 5.74) is 3.22. The molecule has 2 aromatic heterocycles. The number of thiazole rings is 1. The number of nitrogens with one attached hydrogen (secondary N) is 1. The van der Waals surface area contributed by atoms with Gasteiger partial charge in [0.2, 0.25) is 0 Å². The predicted molar refractivity (Wildman–Crippen MR) is 76.1 cm³/mol. The van der Waals surface area contributed by atoms with Crippen LogP contribution in [0.2, 0.25) is 0 Å². The van der Waals surface area contributed by atoms with E-state index in [2.05, 4.69) is 22.2 Å². The topological polar surface area (TPSA) is 54.9 Å². The van der Waals surface area contributed by atoms with Gasteiger partial charge in [0, 0.05) is 17.3 Å². The summed E-state index contributed by atoms with van der Waals surface area (Å²) in [6.07, 6.45) is 1.71. The number of aromatic nitrogens is 2. The monoisotopic (exact) mass is 279 g/mol. The molecule has 0 fully saturated rings. The molecule has 18 heavy (non-hydrogen) atoms. The molecule has 0 aliphatic rings. The Morgan fingerprint density at radius 1 is 1.50 bits per heavy atom. The Bertz CT molecular complexity index is 514. The summed E-state index contributed by atoms with van der Waals surface area (Å²) in [5, 5.41) is 4.46. The van der Waals surface area contributed by atoms with Crippen LogP contribution in [0.25, 0.3) is 0 Å². The first-order chi connectivity index (χ1) is 8.79. The van der Waals surface area contributed by atoms with Crippen LogP contribution < -0.4 is 5.32 Å². The molecule has 94 valence electrons. The maximum Gasteiger partial charge on any atom is 0.276 e. The fraction of sp³-hybridized carbons (Fsp3) is 0.250. The molecule has 6 heteroatoms. The standard InChI is InChI=1S/C12H13N3OS2/c1-2-17-6-9-3-4-13-11(5-9)15-12(16)10-7-18-8-14-10/h3-5,7-8H,2,6H2,1H3,(H,13,15,16). The average molecular weight is 279 g/mol. The van der Waals surface area contributed by atoms with Gasteiger partial charge in [-0.05, 0) is 23.4 Å². The minimum absolute atomic E-state index is 0.218. The van der Waals surface area contributed by atoms with Crippen molar-refractivity contribution in [1.29, 1.82) is 0 Å². The minimum Gasteiger partial charge on any atom is -0.305 e. The first-order valence-corrected chi connectivity index (χ1v) is 7.61. The molecule has 1 amide bonds. The quantitative estimate of drug-likeness (QED) is 0.914. The summed E-state index contributed by atoms with van der Waals surface area (Å²) in [4.78, 5) is 19.9. The van der Waals surface area contributed by atoms with Gasteiger partial charge in [-0.2, -0.15) is 11.8 Å². The number of anilines is 1. The van der Waals surface area contributed by atoms with Crippen LogP contribution in [0, 0.1) is 0 Å². The highest BCUT2D eigenvalue weighted by molar-refractivity contribution is 7.98. The van der Waals surface area contributed by atoms with Crippen LogP contribution in [0.15, 0.2) is 29.2 Å². The number of pyridine rings is 1. The largest absolute Gasteiger partial charge is 0.305 e. The van der Waals surface area contributed by atoms with Gasteiger partial charge < -0.3 is 5.32 Å². The lowest BCUT2D eigenvalue weighted by atomic mass is 10.3. The molecule has 0 aromatic carbocycles. The summed E-state index contributed by atoms with van der Waals surface area (Å²) >= 11 is 3.23. The number of carbonyl (C=O) groups is 1. The second kappa shape index (κ2) is 6.51. The smallest absolute Gasteiger partial charge is 0.276 e. The zero-order valence-electron chi connectivity index (χ0n) is 9.92. The molecule has 0 bridgehead atoms. The van der Waals surface area contributed by atoms with E-state index >= 15 is 0 Å². The van der Waals surface area contributed by atoms with Crippen LogP contribution in [0.1, 0.15) is 23.0 Å². The van der Waals surface area contributed by atoms with Crippen molar-refractivity contribution in [1.82, 2.24) is 9.97 Å². The number of amides is 1. The second-order valence-electron chi connectivity index (χ2n) is 3.51. The Balaban J connectivity index is 2.03. The molecule has 0 aliphatic carbocycles. The van der Waals surface area contributed by atoms with E-state index in [9.17, 15) is 4.79 Å². The van der Waals surface area contributed by atoms with E-state index in [0.717, 1.165) is 17.1 Å². The highest BCUT2D eigenvalue weighted by Gasteiger charge is 2.08. The number of nitrogens with zero attached hydrogens (tertiary/aromatic N) is 2. The van der Waals surface area contributed by atoms with Gasteiger partial charge in [0.1, 0.15) is 11.5 Å². The molecule has 0 radical (unpaired) electrons. The van der Waals surface area contributed by atoms with Gasteiger partial charge >= 0.3 is 0 Å². The van der Waals surface area contributed by atoms with Crippen molar-refractivity contribution in [2.75, 3.05) is 11.1 Å². The van der Waals surface area contributed by atoms with E-state index < -0.39 is 0 Å². The summed E-state index contributed by atoms with van der Waals surface area (Å²) in [6, 6.07) is 3.86. The first-order valence-electron chi connectivity index (χ1n) is 5.52. The van der Waals surface area contributed by atoms with Gasteiger partial charge in [-0.3, -0.25) is 4.79 Å². The molecule has 0 spiro atoms. The molecule has 0 saturated carbocycles. The van der Waals surface area contributed by atoms with Crippen molar-refractivity contribution in [3.8, 4) is 0 Å². The maximum absolute atomic E-state index is 11.8. The fourth-order valence-electron chi connectivity index (χ4n) is 1.36. The maximum atomic E-state index is 11.8. The lowest BCUT2D eigenvalue weighted by Crippen LogP contribution is -2.13. The van der Waals surface area contributed by atoms with E-state index in [1.165, 1.54) is 11.3 Å². The van der Waals surface area contributed by atoms with Crippen LogP contribution in [-0.4, -0.2) is 21.6 Å². The molecule has 2 heterocycles. The molecule has 0 aliphatic heterocycles. The number of rotatable bonds is 5. The van der Waals surface area contributed by atoms with Crippen molar-refractivity contribution in [2.45, 2.75) is 12.7 Å². The van der Waals surface area contributed by atoms with Crippen molar-refractivity contribution < 1.29 is 4.79 Å². The predicted octanol–water partition coefficient (Wildman–Crippen LogP) is 3.04. The van der Waals surface area contributed by atoms with E-state index in [1.54, 1.807) is 17.1 Å². The van der Waals surface area contributed by atoms with E-state index in [4.69, 9.17) is 0 Å². The molecule has 4 nitrogen and oxygen atoms in total.